The van der Waals surface area contributed by atoms with E-state index in [-0.39, 0.29) is 24.6 Å². The molecule has 0 radical (unpaired) electrons. The Labute approximate surface area is 246 Å². The van der Waals surface area contributed by atoms with E-state index in [0.717, 1.165) is 21.0 Å². The van der Waals surface area contributed by atoms with E-state index >= 15 is 0 Å². The highest BCUT2D eigenvalue weighted by atomic mass is 32.2. The molecule has 5 rings (SSSR count). The summed E-state index contributed by atoms with van der Waals surface area (Å²) in [5.41, 5.74) is 1.25. The third-order valence-electron chi connectivity index (χ3n) is 8.10. The molecule has 2 aliphatic heterocycles. The summed E-state index contributed by atoms with van der Waals surface area (Å²) in [4.78, 5) is 45.7. The van der Waals surface area contributed by atoms with Crippen LogP contribution in [0.15, 0.2) is 41.4 Å². The van der Waals surface area contributed by atoms with Crippen molar-refractivity contribution < 1.29 is 34.1 Å². The van der Waals surface area contributed by atoms with Crippen LogP contribution < -0.4 is 4.74 Å². The van der Waals surface area contributed by atoms with Gasteiger partial charge in [0, 0.05) is 17.2 Å². The van der Waals surface area contributed by atoms with Crippen LogP contribution in [0.5, 0.6) is 5.75 Å². The van der Waals surface area contributed by atoms with E-state index < -0.39 is 41.5 Å². The average molecular weight is 600 g/mol. The lowest BCUT2D eigenvalue weighted by Crippen LogP contribution is -2.66. The zero-order chi connectivity index (χ0) is 29.8. The number of β-lactam (4-membered cyclic amide) rings is 1. The first-order valence-electron chi connectivity index (χ1n) is 13.3. The number of aromatic nitrogens is 2. The molecule has 3 aromatic rings. The molecule has 0 saturated carbocycles. The quantitative estimate of drug-likeness (QED) is 0.148. The van der Waals surface area contributed by atoms with Gasteiger partial charge in [0.05, 0.1) is 29.5 Å². The first-order chi connectivity index (χ1) is 19.4. The number of aliphatic carboxylic acids is 1. The summed E-state index contributed by atoms with van der Waals surface area (Å²) in [6.45, 7) is 9.26. The van der Waals surface area contributed by atoms with E-state index in [9.17, 15) is 24.6 Å². The molecule has 10 nitrogen and oxygen atoms in total. The van der Waals surface area contributed by atoms with E-state index in [1.54, 1.807) is 6.33 Å². The number of hydrogen-bond acceptors (Lipinski definition) is 9. The largest absolute Gasteiger partial charge is 0.513 e. The minimum atomic E-state index is -1.23. The van der Waals surface area contributed by atoms with E-state index in [4.69, 9.17) is 9.47 Å². The van der Waals surface area contributed by atoms with Crippen LogP contribution in [0.3, 0.4) is 0 Å². The van der Waals surface area contributed by atoms with E-state index in [2.05, 4.69) is 4.98 Å². The Morgan fingerprint density at radius 2 is 2.00 bits per heavy atom. The fraction of sp³-hybridized carbons (Fsp3) is 0.448. The van der Waals surface area contributed by atoms with Crippen LogP contribution in [0.2, 0.25) is 0 Å². The van der Waals surface area contributed by atoms with Crippen LogP contribution in [-0.4, -0.2) is 67.5 Å². The molecule has 1 amide bonds. The normalized spacial score (nSPS) is 22.7. The number of fused-ring (bicyclic) bond motifs is 2. The van der Waals surface area contributed by atoms with Gasteiger partial charge in [-0.25, -0.2) is 14.6 Å². The summed E-state index contributed by atoms with van der Waals surface area (Å²) in [5.74, 6) is -1.77. The summed E-state index contributed by atoms with van der Waals surface area (Å²) in [5, 5.41) is 21.6. The molecule has 4 heterocycles. The number of aliphatic hydroxyl groups excluding tert-OH is 1. The summed E-state index contributed by atoms with van der Waals surface area (Å²) >= 11 is 2.87. The molecule has 12 heteroatoms. The molecule has 218 valence electrons. The van der Waals surface area contributed by atoms with E-state index in [1.165, 1.54) is 34.9 Å². The van der Waals surface area contributed by atoms with E-state index in [1.807, 2.05) is 62.7 Å². The molecular weight excluding hydrogens is 566 g/mol. The van der Waals surface area contributed by atoms with E-state index in [0.29, 0.717) is 16.2 Å². The summed E-state index contributed by atoms with van der Waals surface area (Å²) in [7, 11) is 0. The number of ether oxygens (including phenoxy) is 2. The molecule has 1 fully saturated rings. The van der Waals surface area contributed by atoms with Crippen LogP contribution in [0.1, 0.15) is 56.0 Å². The Hall–Kier alpha value is -3.35. The van der Waals surface area contributed by atoms with Crippen LogP contribution in [-0.2, 0) is 14.3 Å². The molecule has 0 spiro atoms. The predicted octanol–water partition coefficient (Wildman–Crippen LogP) is 5.18. The van der Waals surface area contributed by atoms with Gasteiger partial charge < -0.3 is 24.6 Å². The minimum absolute atomic E-state index is 0.0818. The number of nitrogens with zero attached hydrogens (tertiary/aromatic N) is 3. The number of carbonyl (C=O) groups is 3. The summed E-state index contributed by atoms with van der Waals surface area (Å²) < 4.78 is 12.9. The van der Waals surface area contributed by atoms with Crippen molar-refractivity contribution in [3.05, 3.63) is 52.4 Å². The Kier molecular flexibility index (Phi) is 7.68. The number of carbonyl (C=O) groups excluding carboxylic acids is 2. The van der Waals surface area contributed by atoms with Crippen LogP contribution in [0.25, 0.3) is 10.4 Å². The van der Waals surface area contributed by atoms with Gasteiger partial charge in [-0.2, -0.15) is 0 Å². The standard InChI is InChI=1S/C29H33N3O7S2/c1-14(2)17-8-7-15(3)18(11-17)39-28(37)38-10-9-29(5)21(19-12-31-13-30-24(40-6)26(31)41-19)22(27(35)36)32-23(29)20(16(4)33)25(32)34/h7-8,11-14,16,20,23,33H,9-10H2,1-6H3,(H,35,36)/t16?,20-,23-,29+/m1/s1. The Morgan fingerprint density at radius 3 is 2.63 bits per heavy atom. The maximum Gasteiger partial charge on any atom is 0.513 e. The number of rotatable bonds is 9. The minimum Gasteiger partial charge on any atom is -0.477 e. The number of carboxylic acids is 1. The molecule has 1 aromatic carbocycles. The molecular formula is C29H33N3O7S2. The summed E-state index contributed by atoms with van der Waals surface area (Å²) in [6, 6.07) is 5.09. The van der Waals surface area contributed by atoms with Crippen molar-refractivity contribution in [2.24, 2.45) is 11.3 Å². The number of thiazole rings is 1. The lowest BCUT2D eigenvalue weighted by molar-refractivity contribution is -0.167. The number of benzene rings is 1. The Balaban J connectivity index is 1.45. The van der Waals surface area contributed by atoms with Gasteiger partial charge in [-0.3, -0.25) is 9.20 Å². The number of carboxylic acid groups (broad SMARTS) is 1. The smallest absolute Gasteiger partial charge is 0.477 e. The van der Waals surface area contributed by atoms with Crippen LogP contribution >= 0.6 is 23.1 Å². The highest BCUT2D eigenvalue weighted by Gasteiger charge is 2.66. The third kappa shape index (κ3) is 4.81. The SMILES string of the molecule is CSc1ncn2cc(C3=C(C(=O)O)N4C(=O)[C@H](C(C)O)[C@@H]4[C@@]3(C)CCOC(=O)Oc3cc(C(C)C)ccc3C)sc12. The summed E-state index contributed by atoms with van der Waals surface area (Å²) in [6.07, 6.45) is 3.76. The van der Waals surface area contributed by atoms with Crippen LogP contribution in [0, 0.1) is 18.3 Å². The molecule has 1 unspecified atom stereocenters. The van der Waals surface area contributed by atoms with Gasteiger partial charge in [-0.05, 0) is 49.6 Å². The third-order valence-corrected chi connectivity index (χ3v) is 10.0. The number of imidazole rings is 1. The van der Waals surface area contributed by atoms with Crippen LogP contribution in [0.4, 0.5) is 4.79 Å². The number of amides is 1. The average Bonchev–Trinajstić information content (AvgIpc) is 3.53. The Bertz CT molecular complexity index is 1570. The highest BCUT2D eigenvalue weighted by Crippen LogP contribution is 2.60. The molecule has 2 aliphatic rings. The molecule has 0 bridgehead atoms. The number of aryl methyl sites for hydroxylation is 1. The fourth-order valence-electron chi connectivity index (χ4n) is 5.92. The first-order valence-corrected chi connectivity index (χ1v) is 15.4. The van der Waals surface area contributed by atoms with Gasteiger partial charge in [-0.1, -0.05) is 32.9 Å². The molecule has 2 aromatic heterocycles. The number of thioether (sulfide) groups is 1. The van der Waals surface area contributed by atoms with Crippen molar-refractivity contribution in [3.63, 3.8) is 0 Å². The second-order valence-corrected chi connectivity index (χ2v) is 12.9. The van der Waals surface area contributed by atoms with Crippen molar-refractivity contribution >= 4 is 51.5 Å². The predicted molar refractivity (Wildman–Crippen MR) is 155 cm³/mol. The number of aliphatic hydroxyl groups is 1. The topological polar surface area (TPSA) is 131 Å². The van der Waals surface area contributed by atoms with Crippen molar-refractivity contribution in [3.8, 4) is 5.75 Å². The molecule has 2 N–H and O–H groups in total. The number of hydrogen-bond donors (Lipinski definition) is 2. The van der Waals surface area contributed by atoms with Gasteiger partial charge in [0.1, 0.15) is 27.6 Å². The molecule has 0 aliphatic carbocycles. The Morgan fingerprint density at radius 1 is 1.27 bits per heavy atom. The molecule has 1 saturated heterocycles. The van der Waals surface area contributed by atoms with Gasteiger partial charge in [-0.15, -0.1) is 23.1 Å². The molecule has 4 atom stereocenters. The maximum absolute atomic E-state index is 13.1. The maximum atomic E-state index is 13.1. The zero-order valence-electron chi connectivity index (χ0n) is 23.7. The zero-order valence-corrected chi connectivity index (χ0v) is 25.3. The second kappa shape index (κ2) is 10.8. The van der Waals surface area contributed by atoms with Gasteiger partial charge in [0.15, 0.2) is 0 Å². The van der Waals surface area contributed by atoms with Crippen molar-refractivity contribution in [2.75, 3.05) is 12.9 Å². The van der Waals surface area contributed by atoms with Crippen molar-refractivity contribution in [1.29, 1.82) is 0 Å². The van der Waals surface area contributed by atoms with Gasteiger partial charge >= 0.3 is 12.1 Å². The van der Waals surface area contributed by atoms with Gasteiger partial charge in [0.2, 0.25) is 5.91 Å². The molecule has 41 heavy (non-hydrogen) atoms. The lowest BCUT2D eigenvalue weighted by Gasteiger charge is -2.50. The lowest BCUT2D eigenvalue weighted by atomic mass is 9.66. The monoisotopic (exact) mass is 599 g/mol. The van der Waals surface area contributed by atoms with Gasteiger partial charge in [0.25, 0.3) is 0 Å². The first kappa shape index (κ1) is 29.2. The van der Waals surface area contributed by atoms with Crippen molar-refractivity contribution in [1.82, 2.24) is 14.3 Å². The second-order valence-electron chi connectivity index (χ2n) is 11.1. The fourth-order valence-corrected chi connectivity index (χ4v) is 7.88. The van der Waals surface area contributed by atoms with Crippen molar-refractivity contribution in [2.45, 2.75) is 64.1 Å². The highest BCUT2D eigenvalue weighted by molar-refractivity contribution is 7.98.